The number of halogens is 1. The minimum absolute atomic E-state index is 0.00150. The number of carbonyl (C=O) groups excluding carboxylic acids is 2. The molecule has 1 heterocycles. The Kier molecular flexibility index (Phi) is 5.72. The van der Waals surface area contributed by atoms with Gasteiger partial charge in [-0.25, -0.2) is 0 Å². The number of hydrogen-bond acceptors (Lipinski definition) is 5. The summed E-state index contributed by atoms with van der Waals surface area (Å²) >= 11 is 5.90. The van der Waals surface area contributed by atoms with E-state index in [-0.39, 0.29) is 24.5 Å². The maximum absolute atomic E-state index is 12.7. The van der Waals surface area contributed by atoms with E-state index in [0.29, 0.717) is 16.1 Å². The molecule has 1 atom stereocenters. The fourth-order valence-corrected chi connectivity index (χ4v) is 3.41. The highest BCUT2D eigenvalue weighted by molar-refractivity contribution is 6.46. The number of ketones is 1. The topological polar surface area (TPSA) is 81.1 Å². The third kappa shape index (κ3) is 3.61. The van der Waals surface area contributed by atoms with Gasteiger partial charge in [-0.05, 0) is 42.0 Å². The Hall–Kier alpha value is -2.83. The van der Waals surface area contributed by atoms with Crippen molar-refractivity contribution in [1.82, 2.24) is 4.90 Å². The molecule has 146 valence electrons. The highest BCUT2D eigenvalue weighted by Crippen LogP contribution is 2.39. The Labute approximate surface area is 168 Å². The molecule has 1 amide bonds. The van der Waals surface area contributed by atoms with Crippen molar-refractivity contribution in [2.24, 2.45) is 0 Å². The van der Waals surface area contributed by atoms with Crippen LogP contribution in [0.15, 0.2) is 54.1 Å². The number of hydrogen-bond donors (Lipinski definition) is 2. The van der Waals surface area contributed by atoms with E-state index < -0.39 is 17.7 Å². The molecule has 0 radical (unpaired) electrons. The molecule has 3 rings (SSSR count). The number of amides is 1. The smallest absolute Gasteiger partial charge is 0.295 e. The number of likely N-dealkylation sites (tertiary alicyclic amines) is 1. The second kappa shape index (κ2) is 8.04. The van der Waals surface area contributed by atoms with Crippen molar-refractivity contribution in [3.8, 4) is 0 Å². The summed E-state index contributed by atoms with van der Waals surface area (Å²) in [5.74, 6) is -1.79. The lowest BCUT2D eigenvalue weighted by molar-refractivity contribution is -0.140. The number of benzene rings is 2. The number of Topliss-reactive ketones (excluding diaryl/α,β-unsaturated/α-hetero) is 1. The second-order valence-corrected chi connectivity index (χ2v) is 7.15. The molecule has 6 nitrogen and oxygen atoms in total. The summed E-state index contributed by atoms with van der Waals surface area (Å²) in [5.41, 5.74) is 2.02. The van der Waals surface area contributed by atoms with Crippen LogP contribution >= 0.6 is 11.6 Å². The molecule has 7 heteroatoms. The summed E-state index contributed by atoms with van der Waals surface area (Å²) in [4.78, 5) is 28.5. The molecule has 1 aliphatic heterocycles. The molecule has 0 bridgehead atoms. The molecular formula is C21H21ClN2O4. The molecule has 0 aliphatic carbocycles. The number of rotatable bonds is 5. The normalized spacial score (nSPS) is 18.6. The fourth-order valence-electron chi connectivity index (χ4n) is 3.28. The predicted molar refractivity (Wildman–Crippen MR) is 108 cm³/mol. The Balaban J connectivity index is 2.14. The number of aliphatic hydroxyl groups is 2. The maximum atomic E-state index is 12.7. The number of nitrogens with zero attached hydrogens (tertiary/aromatic N) is 2. The summed E-state index contributed by atoms with van der Waals surface area (Å²) in [6.07, 6.45) is 0. The quantitative estimate of drug-likeness (QED) is 0.458. The van der Waals surface area contributed by atoms with E-state index in [4.69, 9.17) is 11.6 Å². The van der Waals surface area contributed by atoms with Gasteiger partial charge in [0.1, 0.15) is 5.76 Å². The number of carbonyl (C=O) groups is 2. The second-order valence-electron chi connectivity index (χ2n) is 6.71. The Morgan fingerprint density at radius 2 is 1.68 bits per heavy atom. The predicted octanol–water partition coefficient (Wildman–Crippen LogP) is 2.82. The van der Waals surface area contributed by atoms with Gasteiger partial charge in [-0.3, -0.25) is 9.59 Å². The summed E-state index contributed by atoms with van der Waals surface area (Å²) in [6, 6.07) is 13.0. The van der Waals surface area contributed by atoms with Crippen LogP contribution in [0.25, 0.3) is 5.76 Å². The third-order valence-electron chi connectivity index (χ3n) is 4.72. The van der Waals surface area contributed by atoms with Gasteiger partial charge >= 0.3 is 0 Å². The van der Waals surface area contributed by atoms with Crippen LogP contribution in [0.5, 0.6) is 0 Å². The number of aliphatic hydroxyl groups excluding tert-OH is 2. The van der Waals surface area contributed by atoms with Crippen LogP contribution in [0, 0.1) is 0 Å². The summed E-state index contributed by atoms with van der Waals surface area (Å²) < 4.78 is 0. The zero-order valence-corrected chi connectivity index (χ0v) is 16.3. The van der Waals surface area contributed by atoms with Crippen molar-refractivity contribution < 1.29 is 19.8 Å². The van der Waals surface area contributed by atoms with Crippen LogP contribution in [-0.4, -0.2) is 54.1 Å². The fraction of sp³-hybridized carbons (Fsp3) is 0.238. The molecule has 1 fully saturated rings. The third-order valence-corrected chi connectivity index (χ3v) is 4.98. The van der Waals surface area contributed by atoms with Crippen molar-refractivity contribution in [3.05, 3.63) is 70.3 Å². The van der Waals surface area contributed by atoms with Crippen LogP contribution in [0.2, 0.25) is 5.02 Å². The van der Waals surface area contributed by atoms with Gasteiger partial charge in [0.25, 0.3) is 11.7 Å². The first-order chi connectivity index (χ1) is 13.3. The van der Waals surface area contributed by atoms with E-state index in [1.165, 1.54) is 4.90 Å². The molecular weight excluding hydrogens is 380 g/mol. The standard InChI is InChI=1S/C21H21ClN2O4/c1-23(2)16-9-5-13(6-10-16)18-17(20(27)21(28)24(18)11-12-25)19(26)14-3-7-15(22)8-4-14/h3-10,18,25-26H,11-12H2,1-2H3/t18-/m0/s1. The van der Waals surface area contributed by atoms with E-state index in [9.17, 15) is 19.8 Å². The number of anilines is 1. The van der Waals surface area contributed by atoms with Gasteiger partial charge in [0.2, 0.25) is 0 Å². The molecule has 1 aliphatic rings. The SMILES string of the molecule is CN(C)c1ccc([C@H]2C(=C(O)c3ccc(Cl)cc3)C(=O)C(=O)N2CCO)cc1. The van der Waals surface area contributed by atoms with Gasteiger partial charge in [0.05, 0.1) is 18.2 Å². The monoisotopic (exact) mass is 400 g/mol. The molecule has 0 aromatic heterocycles. The van der Waals surface area contributed by atoms with Gasteiger partial charge in [-0.2, -0.15) is 0 Å². The molecule has 0 unspecified atom stereocenters. The zero-order valence-electron chi connectivity index (χ0n) is 15.6. The lowest BCUT2D eigenvalue weighted by Gasteiger charge is -2.25. The summed E-state index contributed by atoms with van der Waals surface area (Å²) in [6.45, 7) is -0.303. The first kappa shape index (κ1) is 19.9. The largest absolute Gasteiger partial charge is 0.507 e. The van der Waals surface area contributed by atoms with Crippen molar-refractivity contribution >= 4 is 34.7 Å². The minimum atomic E-state index is -0.779. The van der Waals surface area contributed by atoms with Gasteiger partial charge in [0, 0.05) is 36.9 Å². The van der Waals surface area contributed by atoms with Crippen LogP contribution in [0.4, 0.5) is 5.69 Å². The lowest BCUT2D eigenvalue weighted by atomic mass is 9.95. The van der Waals surface area contributed by atoms with Gasteiger partial charge in [-0.1, -0.05) is 23.7 Å². The first-order valence-electron chi connectivity index (χ1n) is 8.77. The molecule has 1 saturated heterocycles. The molecule has 0 saturated carbocycles. The van der Waals surface area contributed by atoms with E-state index in [2.05, 4.69) is 0 Å². The lowest BCUT2D eigenvalue weighted by Crippen LogP contribution is -2.32. The van der Waals surface area contributed by atoms with Gasteiger partial charge in [0.15, 0.2) is 0 Å². The Morgan fingerprint density at radius 3 is 2.21 bits per heavy atom. The highest BCUT2D eigenvalue weighted by Gasteiger charge is 2.45. The van der Waals surface area contributed by atoms with Crippen molar-refractivity contribution in [1.29, 1.82) is 0 Å². The van der Waals surface area contributed by atoms with Crippen LogP contribution in [0.3, 0.4) is 0 Å². The summed E-state index contributed by atoms with van der Waals surface area (Å²) in [7, 11) is 3.82. The number of β-amino-alcohol motifs (C(OH)–C–C–N with tert-alkyl or cyclic N) is 1. The molecule has 28 heavy (non-hydrogen) atoms. The van der Waals surface area contributed by atoms with E-state index >= 15 is 0 Å². The van der Waals surface area contributed by atoms with Crippen LogP contribution in [-0.2, 0) is 9.59 Å². The highest BCUT2D eigenvalue weighted by atomic mass is 35.5. The van der Waals surface area contributed by atoms with Crippen molar-refractivity contribution in [2.45, 2.75) is 6.04 Å². The molecule has 2 aromatic carbocycles. The van der Waals surface area contributed by atoms with E-state index in [1.54, 1.807) is 24.3 Å². The average Bonchev–Trinajstić information content (AvgIpc) is 2.93. The minimum Gasteiger partial charge on any atom is -0.507 e. The zero-order chi connectivity index (χ0) is 20.4. The van der Waals surface area contributed by atoms with Crippen molar-refractivity contribution in [3.63, 3.8) is 0 Å². The van der Waals surface area contributed by atoms with Crippen molar-refractivity contribution in [2.75, 3.05) is 32.1 Å². The van der Waals surface area contributed by atoms with Crippen LogP contribution < -0.4 is 4.90 Å². The molecule has 2 N–H and O–H groups in total. The van der Waals surface area contributed by atoms with Gasteiger partial charge < -0.3 is 20.0 Å². The Morgan fingerprint density at radius 1 is 1.07 bits per heavy atom. The van der Waals surface area contributed by atoms with Gasteiger partial charge in [-0.15, -0.1) is 0 Å². The molecule has 0 spiro atoms. The first-order valence-corrected chi connectivity index (χ1v) is 9.15. The average molecular weight is 401 g/mol. The van der Waals surface area contributed by atoms with E-state index in [0.717, 1.165) is 5.69 Å². The molecule has 2 aromatic rings. The summed E-state index contributed by atoms with van der Waals surface area (Å²) in [5, 5.41) is 20.7. The maximum Gasteiger partial charge on any atom is 0.295 e. The Bertz CT molecular complexity index is 920. The van der Waals surface area contributed by atoms with E-state index in [1.807, 2.05) is 43.3 Å². The van der Waals surface area contributed by atoms with Crippen LogP contribution in [0.1, 0.15) is 17.2 Å².